The van der Waals surface area contributed by atoms with Crippen molar-refractivity contribution >= 4 is 40.3 Å². The minimum Gasteiger partial charge on any atom is -0.480 e. The fourth-order valence-electron chi connectivity index (χ4n) is 2.12. The Kier molecular flexibility index (Phi) is 5.83. The first-order chi connectivity index (χ1) is 12.1. The first-order valence-electron chi connectivity index (χ1n) is 7.67. The van der Waals surface area contributed by atoms with Crippen LogP contribution in [0.5, 0.6) is 0 Å². The normalized spacial score (nSPS) is 12.7. The quantitative estimate of drug-likeness (QED) is 0.546. The highest BCUT2D eigenvalue weighted by atomic mass is 32.1. The van der Waals surface area contributed by atoms with E-state index in [1.165, 1.54) is 6.07 Å². The van der Waals surface area contributed by atoms with E-state index in [1.54, 1.807) is 0 Å². The van der Waals surface area contributed by atoms with Crippen molar-refractivity contribution in [1.82, 2.24) is 14.1 Å². The molecule has 2 aromatic rings. The largest absolute Gasteiger partial charge is 0.480 e. The maximum atomic E-state index is 12.4. The Bertz CT molecular complexity index is 844. The van der Waals surface area contributed by atoms with E-state index in [-0.39, 0.29) is 35.3 Å². The van der Waals surface area contributed by atoms with Crippen LogP contribution in [-0.2, 0) is 9.53 Å². The molecule has 1 heterocycles. The van der Waals surface area contributed by atoms with Crippen molar-refractivity contribution in [2.75, 3.05) is 6.61 Å². The van der Waals surface area contributed by atoms with Crippen molar-refractivity contribution in [3.8, 4) is 0 Å². The van der Waals surface area contributed by atoms with Gasteiger partial charge in [0.1, 0.15) is 11.6 Å². The smallest absolute Gasteiger partial charge is 0.326 e. The number of hydrogen-bond acceptors (Lipinski definition) is 8. The second-order valence-electron chi connectivity index (χ2n) is 6.50. The Morgan fingerprint density at radius 1 is 1.38 bits per heavy atom. The van der Waals surface area contributed by atoms with Crippen molar-refractivity contribution in [1.29, 1.82) is 0 Å². The lowest BCUT2D eigenvalue weighted by atomic mass is 10.1. The predicted molar refractivity (Wildman–Crippen MR) is 93.3 cm³/mol. The Balaban J connectivity index is 2.17. The van der Waals surface area contributed by atoms with Crippen LogP contribution in [0.15, 0.2) is 12.1 Å². The van der Waals surface area contributed by atoms with Crippen LogP contribution in [0.2, 0.25) is 0 Å². The number of nitro benzene ring substituents is 1. The average molecular weight is 382 g/mol. The third kappa shape index (κ3) is 4.92. The van der Waals surface area contributed by atoms with Gasteiger partial charge in [-0.1, -0.05) is 0 Å². The summed E-state index contributed by atoms with van der Waals surface area (Å²) < 4.78 is 13.2. The van der Waals surface area contributed by atoms with Crippen molar-refractivity contribution in [3.05, 3.63) is 27.8 Å². The number of carboxylic acids is 1. The van der Waals surface area contributed by atoms with Crippen LogP contribution in [0.25, 0.3) is 11.0 Å². The molecule has 11 heteroatoms. The lowest BCUT2D eigenvalue weighted by Crippen LogP contribution is -2.42. The summed E-state index contributed by atoms with van der Waals surface area (Å²) in [7, 11) is 0. The second kappa shape index (κ2) is 7.70. The summed E-state index contributed by atoms with van der Waals surface area (Å²) in [5.74, 6) is -1.96. The van der Waals surface area contributed by atoms with E-state index in [9.17, 15) is 24.8 Å². The molecule has 1 atom stereocenters. The molecule has 2 rings (SSSR count). The Labute approximate surface area is 152 Å². The number of nitrogens with one attached hydrogen (secondary N) is 1. The second-order valence-corrected chi connectivity index (χ2v) is 7.03. The van der Waals surface area contributed by atoms with Gasteiger partial charge in [0.05, 0.1) is 22.3 Å². The number of amides is 1. The lowest BCUT2D eigenvalue weighted by molar-refractivity contribution is -0.383. The number of aliphatic carboxylic acids is 1. The molecule has 1 aromatic heterocycles. The summed E-state index contributed by atoms with van der Waals surface area (Å²) in [6.07, 6.45) is 0.0565. The van der Waals surface area contributed by atoms with Gasteiger partial charge in [-0.2, -0.15) is 8.75 Å². The number of fused-ring (bicyclic) bond motifs is 1. The molecule has 0 aliphatic rings. The molecule has 0 saturated carbocycles. The van der Waals surface area contributed by atoms with E-state index in [0.717, 1.165) is 17.8 Å². The van der Waals surface area contributed by atoms with Gasteiger partial charge >= 0.3 is 5.97 Å². The van der Waals surface area contributed by atoms with Crippen molar-refractivity contribution in [3.63, 3.8) is 0 Å². The van der Waals surface area contributed by atoms with E-state index in [1.807, 2.05) is 20.8 Å². The Hall–Kier alpha value is -2.66. The Morgan fingerprint density at radius 2 is 2.08 bits per heavy atom. The number of hydrogen-bond donors (Lipinski definition) is 2. The van der Waals surface area contributed by atoms with E-state index < -0.39 is 28.4 Å². The summed E-state index contributed by atoms with van der Waals surface area (Å²) >= 11 is 0.790. The number of nitro groups is 1. The predicted octanol–water partition coefficient (Wildman–Crippen LogP) is 1.99. The number of carboxylic acid groups (broad SMARTS) is 1. The molecule has 140 valence electrons. The zero-order valence-electron chi connectivity index (χ0n) is 14.4. The molecule has 0 radical (unpaired) electrons. The van der Waals surface area contributed by atoms with Crippen LogP contribution in [0.3, 0.4) is 0 Å². The van der Waals surface area contributed by atoms with Gasteiger partial charge < -0.3 is 15.2 Å². The topological polar surface area (TPSA) is 145 Å². The van der Waals surface area contributed by atoms with Gasteiger partial charge in [-0.05, 0) is 26.8 Å². The molecule has 0 aliphatic carbocycles. The van der Waals surface area contributed by atoms with Crippen LogP contribution in [-0.4, -0.2) is 48.9 Å². The summed E-state index contributed by atoms with van der Waals surface area (Å²) in [5, 5.41) is 22.8. The average Bonchev–Trinajstić information content (AvgIpc) is 2.99. The first-order valence-corrected chi connectivity index (χ1v) is 8.40. The number of nitrogens with zero attached hydrogens (tertiary/aromatic N) is 3. The van der Waals surface area contributed by atoms with Gasteiger partial charge in [0.25, 0.3) is 11.6 Å². The van der Waals surface area contributed by atoms with Crippen molar-refractivity contribution < 1.29 is 24.4 Å². The minimum atomic E-state index is -1.22. The molecule has 0 bridgehead atoms. The zero-order chi connectivity index (χ0) is 19.5. The van der Waals surface area contributed by atoms with Gasteiger partial charge in [-0.3, -0.25) is 14.9 Å². The van der Waals surface area contributed by atoms with Crippen LogP contribution >= 0.6 is 11.7 Å². The van der Waals surface area contributed by atoms with Crippen molar-refractivity contribution in [2.45, 2.75) is 38.8 Å². The third-order valence-electron chi connectivity index (χ3n) is 3.34. The third-order valence-corrected chi connectivity index (χ3v) is 3.89. The number of rotatable bonds is 7. The van der Waals surface area contributed by atoms with E-state index in [2.05, 4.69) is 14.1 Å². The van der Waals surface area contributed by atoms with Crippen LogP contribution < -0.4 is 5.32 Å². The fourth-order valence-corrected chi connectivity index (χ4v) is 2.66. The van der Waals surface area contributed by atoms with Crippen molar-refractivity contribution in [2.24, 2.45) is 0 Å². The van der Waals surface area contributed by atoms with E-state index in [0.29, 0.717) is 0 Å². The van der Waals surface area contributed by atoms with E-state index in [4.69, 9.17) is 4.74 Å². The molecule has 1 aromatic carbocycles. The molecule has 0 aliphatic heterocycles. The van der Waals surface area contributed by atoms with Gasteiger partial charge in [-0.15, -0.1) is 0 Å². The SMILES string of the molecule is CC(C)(C)OCCC(NC(=O)c1cc([N+](=O)[O-])c2nsnc2c1)C(=O)O. The highest BCUT2D eigenvalue weighted by Crippen LogP contribution is 2.25. The summed E-state index contributed by atoms with van der Waals surface area (Å²) in [6.45, 7) is 5.63. The molecule has 1 amide bonds. The number of aromatic nitrogens is 2. The van der Waals surface area contributed by atoms with Gasteiger partial charge in [0, 0.05) is 24.7 Å². The van der Waals surface area contributed by atoms with Crippen LogP contribution in [0.4, 0.5) is 5.69 Å². The first kappa shape index (κ1) is 19.7. The monoisotopic (exact) mass is 382 g/mol. The molecule has 2 N–H and O–H groups in total. The molecule has 0 spiro atoms. The Morgan fingerprint density at radius 3 is 2.65 bits per heavy atom. The highest BCUT2D eigenvalue weighted by Gasteiger charge is 2.25. The summed E-state index contributed by atoms with van der Waals surface area (Å²) in [6, 6.07) is 1.21. The number of non-ortho nitro benzene ring substituents is 1. The maximum Gasteiger partial charge on any atom is 0.326 e. The van der Waals surface area contributed by atoms with Gasteiger partial charge in [-0.25, -0.2) is 4.79 Å². The fraction of sp³-hybridized carbons (Fsp3) is 0.467. The standard InChI is InChI=1S/C15H18N4O6S/c1-15(2,3)25-5-4-9(14(21)22)16-13(20)8-6-10-12(18-26-17-10)11(7-8)19(23)24/h6-7,9H,4-5H2,1-3H3,(H,16,20)(H,21,22). The summed E-state index contributed by atoms with van der Waals surface area (Å²) in [5.41, 5.74) is -0.553. The molecule has 0 saturated heterocycles. The molecule has 1 unspecified atom stereocenters. The van der Waals surface area contributed by atoms with Crippen LogP contribution in [0.1, 0.15) is 37.6 Å². The number of ether oxygens (including phenoxy) is 1. The minimum absolute atomic E-state index is 0.0557. The maximum absolute atomic E-state index is 12.4. The molecule has 26 heavy (non-hydrogen) atoms. The number of carbonyl (C=O) groups excluding carboxylic acids is 1. The van der Waals surface area contributed by atoms with Gasteiger partial charge in [0.2, 0.25) is 0 Å². The summed E-state index contributed by atoms with van der Waals surface area (Å²) in [4.78, 5) is 34.2. The molecule has 0 fully saturated rings. The molecule has 10 nitrogen and oxygen atoms in total. The number of benzene rings is 1. The highest BCUT2D eigenvalue weighted by molar-refractivity contribution is 7.00. The molecular weight excluding hydrogens is 364 g/mol. The lowest BCUT2D eigenvalue weighted by Gasteiger charge is -2.21. The van der Waals surface area contributed by atoms with Gasteiger partial charge in [0.15, 0.2) is 5.52 Å². The molecular formula is C15H18N4O6S. The van der Waals surface area contributed by atoms with Crippen LogP contribution in [0, 0.1) is 10.1 Å². The number of carbonyl (C=O) groups is 2. The van der Waals surface area contributed by atoms with E-state index >= 15 is 0 Å². The zero-order valence-corrected chi connectivity index (χ0v) is 15.2.